The summed E-state index contributed by atoms with van der Waals surface area (Å²) in [6.07, 6.45) is 0. The van der Waals surface area contributed by atoms with Crippen LogP contribution in [-0.2, 0) is 10.3 Å². The highest BCUT2D eigenvalue weighted by Gasteiger charge is 2.71. The average Bonchev–Trinajstić information content (AvgIpc) is 3.28. The monoisotopic (exact) mass is 401 g/mol. The van der Waals surface area contributed by atoms with Crippen LogP contribution in [0.3, 0.4) is 0 Å². The molecular weight excluding hydrogens is 386 g/mol. The molecule has 3 aliphatic rings. The van der Waals surface area contributed by atoms with E-state index in [1.54, 1.807) is 30.0 Å². The van der Waals surface area contributed by atoms with E-state index < -0.39 is 17.5 Å². The van der Waals surface area contributed by atoms with Crippen LogP contribution in [0, 0.1) is 10.1 Å². The Morgan fingerprint density at radius 3 is 2.85 bits per heavy atom. The van der Waals surface area contributed by atoms with Crippen molar-refractivity contribution in [3.8, 4) is 0 Å². The molecule has 0 saturated carbocycles. The number of halogens is 1. The molecule has 0 bridgehead atoms. The fourth-order valence-corrected chi connectivity index (χ4v) is 6.53. The van der Waals surface area contributed by atoms with Crippen molar-refractivity contribution in [2.75, 3.05) is 16.9 Å². The molecule has 6 nitrogen and oxygen atoms in total. The van der Waals surface area contributed by atoms with Gasteiger partial charge >= 0.3 is 0 Å². The van der Waals surface area contributed by atoms with Gasteiger partial charge in [0.05, 0.1) is 12.0 Å². The maximum absolute atomic E-state index is 13.4. The fourth-order valence-electron chi connectivity index (χ4n) is 5.01. The number of carbonyl (C=O) groups is 1. The quantitative estimate of drug-likeness (QED) is 0.617. The third-order valence-electron chi connectivity index (χ3n) is 5.94. The molecule has 0 radical (unpaired) electrons. The summed E-state index contributed by atoms with van der Waals surface area (Å²) in [5.74, 6) is 0.430. The Morgan fingerprint density at radius 1 is 1.26 bits per heavy atom. The first-order valence-electron chi connectivity index (χ1n) is 8.69. The predicted octanol–water partition coefficient (Wildman–Crippen LogP) is 3.31. The van der Waals surface area contributed by atoms with Gasteiger partial charge in [0, 0.05) is 32.8 Å². The average molecular weight is 402 g/mol. The van der Waals surface area contributed by atoms with Crippen molar-refractivity contribution in [1.82, 2.24) is 4.90 Å². The van der Waals surface area contributed by atoms with E-state index in [4.69, 9.17) is 11.6 Å². The highest BCUT2D eigenvalue weighted by Crippen LogP contribution is 2.59. The van der Waals surface area contributed by atoms with Gasteiger partial charge in [-0.1, -0.05) is 41.9 Å². The molecule has 2 fully saturated rings. The molecule has 27 heavy (non-hydrogen) atoms. The summed E-state index contributed by atoms with van der Waals surface area (Å²) >= 11 is 7.86. The zero-order valence-corrected chi connectivity index (χ0v) is 15.7. The first-order chi connectivity index (χ1) is 13.0. The van der Waals surface area contributed by atoms with Gasteiger partial charge in [-0.25, -0.2) is 0 Å². The molecular formula is C19H16ClN3O3S. The molecule has 3 aliphatic heterocycles. The van der Waals surface area contributed by atoms with Crippen LogP contribution >= 0.6 is 23.4 Å². The molecule has 0 aromatic heterocycles. The van der Waals surface area contributed by atoms with Crippen molar-refractivity contribution in [3.05, 3.63) is 74.8 Å². The molecule has 2 aromatic rings. The topological polar surface area (TPSA) is 75.5 Å². The number of rotatable bonds is 2. The Hall–Kier alpha value is -2.09. The SMILES string of the molecule is O=C1Nc2ccccc2[C@@]12[C@@H](c1cccc(Cl)c1)[C@H]([N+](=O)[O-])C1CSCN12. The predicted molar refractivity (Wildman–Crippen MR) is 105 cm³/mol. The van der Waals surface area contributed by atoms with Crippen LogP contribution < -0.4 is 5.32 Å². The number of hydrogen-bond donors (Lipinski definition) is 1. The van der Waals surface area contributed by atoms with Crippen molar-refractivity contribution in [2.45, 2.75) is 23.5 Å². The zero-order valence-electron chi connectivity index (χ0n) is 14.2. The van der Waals surface area contributed by atoms with Gasteiger partial charge in [-0.3, -0.25) is 19.8 Å². The molecule has 3 heterocycles. The first kappa shape index (κ1) is 17.0. The van der Waals surface area contributed by atoms with E-state index in [-0.39, 0.29) is 16.9 Å². The molecule has 2 saturated heterocycles. The van der Waals surface area contributed by atoms with Crippen molar-refractivity contribution in [2.24, 2.45) is 0 Å². The summed E-state index contributed by atoms with van der Waals surface area (Å²) in [6, 6.07) is 13.5. The highest BCUT2D eigenvalue weighted by molar-refractivity contribution is 7.99. The Labute approximate surface area is 165 Å². The number of benzene rings is 2. The number of thioether (sulfide) groups is 1. The summed E-state index contributed by atoms with van der Waals surface area (Å²) in [5.41, 5.74) is 1.19. The van der Waals surface area contributed by atoms with Gasteiger partial charge in [0.25, 0.3) is 5.91 Å². The summed E-state index contributed by atoms with van der Waals surface area (Å²) in [5, 5.41) is 15.7. The maximum atomic E-state index is 13.4. The maximum Gasteiger partial charge on any atom is 0.250 e. The van der Waals surface area contributed by atoms with E-state index in [0.717, 1.165) is 16.8 Å². The molecule has 5 rings (SSSR count). The molecule has 2 aromatic carbocycles. The number of hydrogen-bond acceptors (Lipinski definition) is 5. The lowest BCUT2D eigenvalue weighted by Crippen LogP contribution is -2.50. The van der Waals surface area contributed by atoms with E-state index in [2.05, 4.69) is 5.32 Å². The third kappa shape index (κ3) is 2.16. The molecule has 138 valence electrons. The second kappa shape index (κ2) is 5.95. The number of nitrogens with zero attached hydrogens (tertiary/aromatic N) is 2. The second-order valence-electron chi connectivity index (χ2n) is 7.11. The number of para-hydroxylation sites is 1. The van der Waals surface area contributed by atoms with Crippen LogP contribution in [0.5, 0.6) is 0 Å². The van der Waals surface area contributed by atoms with Crippen LogP contribution in [-0.4, -0.2) is 39.4 Å². The van der Waals surface area contributed by atoms with Gasteiger partial charge in [0.15, 0.2) is 0 Å². The van der Waals surface area contributed by atoms with E-state index in [1.807, 2.05) is 35.2 Å². The van der Waals surface area contributed by atoms with Gasteiger partial charge in [-0.15, -0.1) is 11.8 Å². The van der Waals surface area contributed by atoms with Crippen molar-refractivity contribution < 1.29 is 9.72 Å². The van der Waals surface area contributed by atoms with E-state index >= 15 is 0 Å². The minimum atomic E-state index is -1.09. The van der Waals surface area contributed by atoms with Gasteiger partial charge in [-0.2, -0.15) is 0 Å². The highest BCUT2D eigenvalue weighted by atomic mass is 35.5. The lowest BCUT2D eigenvalue weighted by atomic mass is 9.74. The van der Waals surface area contributed by atoms with Crippen LogP contribution in [0.2, 0.25) is 5.02 Å². The lowest BCUT2D eigenvalue weighted by molar-refractivity contribution is -0.527. The van der Waals surface area contributed by atoms with Crippen molar-refractivity contribution in [3.63, 3.8) is 0 Å². The minimum absolute atomic E-state index is 0.189. The zero-order chi connectivity index (χ0) is 18.8. The summed E-state index contributed by atoms with van der Waals surface area (Å²) in [7, 11) is 0. The first-order valence-corrected chi connectivity index (χ1v) is 10.2. The Kier molecular flexibility index (Phi) is 3.76. The number of fused-ring (bicyclic) bond motifs is 4. The number of nitro groups is 1. The molecule has 1 N–H and O–H groups in total. The van der Waals surface area contributed by atoms with Crippen LogP contribution in [0.25, 0.3) is 0 Å². The van der Waals surface area contributed by atoms with E-state index in [1.165, 1.54) is 0 Å². The van der Waals surface area contributed by atoms with Gasteiger partial charge in [0.1, 0.15) is 5.54 Å². The molecule has 8 heteroatoms. The normalized spacial score (nSPS) is 31.7. The smallest absolute Gasteiger partial charge is 0.250 e. The number of nitrogens with one attached hydrogen (secondary N) is 1. The van der Waals surface area contributed by atoms with E-state index in [9.17, 15) is 14.9 Å². The van der Waals surface area contributed by atoms with Gasteiger partial charge < -0.3 is 5.32 Å². The summed E-state index contributed by atoms with van der Waals surface area (Å²) in [4.78, 5) is 27.4. The number of carbonyl (C=O) groups excluding carboxylic acids is 1. The Bertz CT molecular complexity index is 971. The Morgan fingerprint density at radius 2 is 2.07 bits per heavy atom. The van der Waals surface area contributed by atoms with E-state index in [0.29, 0.717) is 16.7 Å². The second-order valence-corrected chi connectivity index (χ2v) is 8.55. The van der Waals surface area contributed by atoms with Crippen molar-refractivity contribution >= 4 is 35.0 Å². The largest absolute Gasteiger partial charge is 0.324 e. The molecule has 0 aliphatic carbocycles. The molecule has 1 unspecified atom stereocenters. The standard InChI is InChI=1S/C19H16ClN3O3S/c20-12-5-3-4-11(8-12)16-17(23(25)26)15-9-27-10-22(15)19(16)13-6-1-2-7-14(13)21-18(19)24/h1-8,15-17H,9-10H2,(H,21,24)/t15?,16-,17+,19+/m0/s1. The fraction of sp³-hybridized carbons (Fsp3) is 0.316. The van der Waals surface area contributed by atoms with Gasteiger partial charge in [0.2, 0.25) is 6.04 Å². The van der Waals surface area contributed by atoms with Gasteiger partial charge in [-0.05, 0) is 23.8 Å². The van der Waals surface area contributed by atoms with Crippen LogP contribution in [0.4, 0.5) is 5.69 Å². The summed E-state index contributed by atoms with van der Waals surface area (Å²) < 4.78 is 0. The third-order valence-corrected chi connectivity index (χ3v) is 7.21. The molecule has 1 amide bonds. The van der Waals surface area contributed by atoms with Crippen LogP contribution in [0.15, 0.2) is 48.5 Å². The van der Waals surface area contributed by atoms with Crippen LogP contribution in [0.1, 0.15) is 17.0 Å². The lowest BCUT2D eigenvalue weighted by Gasteiger charge is -2.35. The van der Waals surface area contributed by atoms with Crippen molar-refractivity contribution in [1.29, 1.82) is 0 Å². The summed E-state index contributed by atoms with van der Waals surface area (Å²) in [6.45, 7) is 0. The number of anilines is 1. The molecule has 4 atom stereocenters. The molecule has 1 spiro atoms. The Balaban J connectivity index is 1.82. The number of amides is 1. The minimum Gasteiger partial charge on any atom is -0.324 e.